The molecule has 0 spiro atoms. The summed E-state index contributed by atoms with van der Waals surface area (Å²) in [6.07, 6.45) is 13.8. The van der Waals surface area contributed by atoms with E-state index in [-0.39, 0.29) is 5.41 Å². The van der Waals surface area contributed by atoms with Crippen LogP contribution in [-0.4, -0.2) is 15.1 Å². The van der Waals surface area contributed by atoms with Crippen LogP contribution in [0.25, 0.3) is 0 Å². The molecule has 0 N–H and O–H groups in total. The standard InChI is InChI=1S/C26H44OSi/c1-17-15-18-9-10-19-20-11-12-22(24(2,3)4)25(20,5)14-13-21(19)26(18,6)23(16-17)27-28(7)8/h9,15,19-23,28H,10-14,16H2,1-8H3/t19-,20-,21-,22+,23?,25-,26-/m0/s1. The van der Waals surface area contributed by atoms with E-state index in [4.69, 9.17) is 4.43 Å². The molecule has 0 amide bonds. The summed E-state index contributed by atoms with van der Waals surface area (Å²) in [6.45, 7) is 19.7. The van der Waals surface area contributed by atoms with Crippen molar-refractivity contribution < 1.29 is 4.43 Å². The number of hydrogen-bond donors (Lipinski definition) is 0. The third-order valence-electron chi connectivity index (χ3n) is 9.50. The highest BCUT2D eigenvalue weighted by Crippen LogP contribution is 2.68. The highest BCUT2D eigenvalue weighted by Gasteiger charge is 2.61. The largest absolute Gasteiger partial charge is 0.416 e. The molecule has 2 heteroatoms. The number of allylic oxidation sites excluding steroid dienone is 2. The average Bonchev–Trinajstić information content (AvgIpc) is 2.93. The summed E-state index contributed by atoms with van der Waals surface area (Å²) >= 11 is 0. The topological polar surface area (TPSA) is 9.23 Å². The van der Waals surface area contributed by atoms with Crippen LogP contribution in [0, 0.1) is 39.9 Å². The van der Waals surface area contributed by atoms with Gasteiger partial charge in [-0.2, -0.15) is 0 Å². The van der Waals surface area contributed by atoms with Crippen molar-refractivity contribution in [3.63, 3.8) is 0 Å². The first-order valence-electron chi connectivity index (χ1n) is 12.0. The molecular formula is C26H44OSi. The van der Waals surface area contributed by atoms with Crippen molar-refractivity contribution in [1.82, 2.24) is 0 Å². The maximum absolute atomic E-state index is 6.75. The number of hydrogen-bond acceptors (Lipinski definition) is 1. The fourth-order valence-electron chi connectivity index (χ4n) is 8.47. The average molecular weight is 401 g/mol. The van der Waals surface area contributed by atoms with E-state index in [0.29, 0.717) is 16.9 Å². The van der Waals surface area contributed by atoms with Gasteiger partial charge in [0.1, 0.15) is 0 Å². The van der Waals surface area contributed by atoms with Crippen LogP contribution in [0.15, 0.2) is 23.3 Å². The monoisotopic (exact) mass is 400 g/mol. The Morgan fingerprint density at radius 1 is 1.07 bits per heavy atom. The molecule has 0 aromatic heterocycles. The van der Waals surface area contributed by atoms with Crippen molar-refractivity contribution in [1.29, 1.82) is 0 Å². The maximum atomic E-state index is 6.75. The molecule has 0 aliphatic heterocycles. The molecule has 0 aromatic rings. The van der Waals surface area contributed by atoms with Crippen molar-refractivity contribution >= 4 is 9.04 Å². The third kappa shape index (κ3) is 3.04. The van der Waals surface area contributed by atoms with Crippen molar-refractivity contribution in [2.24, 2.45) is 39.9 Å². The van der Waals surface area contributed by atoms with Crippen LogP contribution < -0.4 is 0 Å². The van der Waals surface area contributed by atoms with Crippen LogP contribution >= 0.6 is 0 Å². The molecule has 4 aliphatic carbocycles. The molecule has 158 valence electrons. The first-order valence-corrected chi connectivity index (χ1v) is 14.8. The van der Waals surface area contributed by atoms with Gasteiger partial charge < -0.3 is 4.43 Å². The lowest BCUT2D eigenvalue weighted by Crippen LogP contribution is -2.55. The molecule has 28 heavy (non-hydrogen) atoms. The minimum Gasteiger partial charge on any atom is -0.416 e. The van der Waals surface area contributed by atoms with Gasteiger partial charge in [0.05, 0.1) is 6.10 Å². The van der Waals surface area contributed by atoms with E-state index in [1.54, 1.807) is 5.57 Å². The van der Waals surface area contributed by atoms with Gasteiger partial charge in [0, 0.05) is 5.41 Å². The predicted molar refractivity (Wildman–Crippen MR) is 123 cm³/mol. The van der Waals surface area contributed by atoms with Gasteiger partial charge >= 0.3 is 0 Å². The molecule has 0 saturated heterocycles. The summed E-state index contributed by atoms with van der Waals surface area (Å²) in [5, 5.41) is 0. The quantitative estimate of drug-likeness (QED) is 0.447. The summed E-state index contributed by atoms with van der Waals surface area (Å²) < 4.78 is 6.75. The molecule has 1 nitrogen and oxygen atoms in total. The van der Waals surface area contributed by atoms with E-state index < -0.39 is 9.04 Å². The van der Waals surface area contributed by atoms with Gasteiger partial charge in [0.15, 0.2) is 9.04 Å². The molecule has 4 aliphatic rings. The molecule has 4 rings (SSSR count). The minimum absolute atomic E-state index is 0.237. The van der Waals surface area contributed by atoms with E-state index in [9.17, 15) is 0 Å². The Kier molecular flexibility index (Phi) is 5.11. The summed E-state index contributed by atoms with van der Waals surface area (Å²) in [4.78, 5) is 0. The van der Waals surface area contributed by atoms with Crippen LogP contribution in [0.1, 0.15) is 80.1 Å². The molecular weight excluding hydrogens is 356 g/mol. The predicted octanol–water partition coefficient (Wildman–Crippen LogP) is 7.15. The van der Waals surface area contributed by atoms with Crippen LogP contribution in [0.3, 0.4) is 0 Å². The van der Waals surface area contributed by atoms with Gasteiger partial charge in [-0.25, -0.2) is 0 Å². The fourth-order valence-corrected chi connectivity index (χ4v) is 9.50. The second kappa shape index (κ2) is 6.84. The van der Waals surface area contributed by atoms with Gasteiger partial charge in [-0.3, -0.25) is 0 Å². The molecule has 0 radical (unpaired) electrons. The normalized spacial score (nSPS) is 45.8. The highest BCUT2D eigenvalue weighted by molar-refractivity contribution is 6.48. The molecule has 0 heterocycles. The summed E-state index contributed by atoms with van der Waals surface area (Å²) in [6, 6.07) is 0. The smallest absolute Gasteiger partial charge is 0.171 e. The highest BCUT2D eigenvalue weighted by atomic mass is 28.3. The lowest BCUT2D eigenvalue weighted by molar-refractivity contribution is -0.0835. The fraction of sp³-hybridized carbons (Fsp3) is 0.846. The van der Waals surface area contributed by atoms with Crippen molar-refractivity contribution in [2.45, 2.75) is 99.3 Å². The molecule has 1 unspecified atom stereocenters. The van der Waals surface area contributed by atoms with Gasteiger partial charge in [0.25, 0.3) is 0 Å². The van der Waals surface area contributed by atoms with Crippen molar-refractivity contribution in [2.75, 3.05) is 0 Å². The van der Waals surface area contributed by atoms with E-state index in [1.165, 1.54) is 37.7 Å². The van der Waals surface area contributed by atoms with Crippen LogP contribution in [0.2, 0.25) is 13.1 Å². The van der Waals surface area contributed by atoms with Gasteiger partial charge in [-0.05, 0) is 98.6 Å². The molecule has 0 bridgehead atoms. The van der Waals surface area contributed by atoms with E-state index >= 15 is 0 Å². The molecule has 2 saturated carbocycles. The lowest BCUT2D eigenvalue weighted by atomic mass is 9.46. The summed E-state index contributed by atoms with van der Waals surface area (Å²) in [7, 11) is -1.06. The first kappa shape index (κ1) is 20.9. The van der Waals surface area contributed by atoms with Gasteiger partial charge in [-0.1, -0.05) is 52.3 Å². The van der Waals surface area contributed by atoms with Crippen LogP contribution in [0.5, 0.6) is 0 Å². The molecule has 0 aromatic carbocycles. The first-order chi connectivity index (χ1) is 13.0. The Morgan fingerprint density at radius 2 is 1.79 bits per heavy atom. The third-order valence-corrected chi connectivity index (χ3v) is 10.4. The maximum Gasteiger partial charge on any atom is 0.171 e. The molecule has 2 fully saturated rings. The Morgan fingerprint density at radius 3 is 2.43 bits per heavy atom. The minimum atomic E-state index is -1.06. The van der Waals surface area contributed by atoms with E-state index in [1.807, 2.05) is 0 Å². The van der Waals surface area contributed by atoms with Crippen molar-refractivity contribution in [3.8, 4) is 0 Å². The van der Waals surface area contributed by atoms with Gasteiger partial charge in [0.2, 0.25) is 0 Å². The Bertz CT molecular complexity index is 683. The Balaban J connectivity index is 1.70. The van der Waals surface area contributed by atoms with E-state index in [2.05, 4.69) is 66.8 Å². The SMILES string of the molecule is CC1=CC2=CC[C@H]3[C@@H]4CC[C@H](C(C)(C)C)[C@@]4(C)CC[C@@H]3[C@@]2(C)C(O[SiH](C)C)C1. The lowest BCUT2D eigenvalue weighted by Gasteiger charge is -2.60. The second-order valence-corrected chi connectivity index (χ2v) is 14.8. The Labute approximate surface area is 176 Å². The van der Waals surface area contributed by atoms with Crippen LogP contribution in [-0.2, 0) is 4.43 Å². The zero-order chi connectivity index (χ0) is 20.5. The Hall–Kier alpha value is -0.343. The second-order valence-electron chi connectivity index (χ2n) is 12.5. The summed E-state index contributed by atoms with van der Waals surface area (Å²) in [5.41, 5.74) is 4.36. The van der Waals surface area contributed by atoms with E-state index in [0.717, 1.165) is 30.1 Å². The number of fused-ring (bicyclic) bond motifs is 5. The summed E-state index contributed by atoms with van der Waals surface area (Å²) in [5.74, 6) is 3.47. The van der Waals surface area contributed by atoms with Gasteiger partial charge in [-0.15, -0.1) is 0 Å². The number of rotatable bonds is 2. The molecule has 7 atom stereocenters. The van der Waals surface area contributed by atoms with Crippen molar-refractivity contribution in [3.05, 3.63) is 23.3 Å². The zero-order valence-corrected chi connectivity index (χ0v) is 20.9. The zero-order valence-electron chi connectivity index (χ0n) is 19.8. The van der Waals surface area contributed by atoms with Crippen LogP contribution in [0.4, 0.5) is 0 Å².